The van der Waals surface area contributed by atoms with Crippen molar-refractivity contribution in [2.75, 3.05) is 0 Å². The summed E-state index contributed by atoms with van der Waals surface area (Å²) in [5, 5.41) is 16.1. The molecule has 1 amide bonds. The van der Waals surface area contributed by atoms with Crippen LogP contribution in [0.5, 0.6) is 0 Å². The van der Waals surface area contributed by atoms with E-state index in [1.54, 1.807) is 36.1 Å². The molecule has 138 valence electrons. The van der Waals surface area contributed by atoms with Crippen molar-refractivity contribution in [3.05, 3.63) is 58.5 Å². The minimum atomic E-state index is -0.690. The Bertz CT molecular complexity index is 1010. The lowest BCUT2D eigenvalue weighted by molar-refractivity contribution is 0.0931. The summed E-state index contributed by atoms with van der Waals surface area (Å²) in [4.78, 5) is 19.1. The maximum Gasteiger partial charge on any atom is 0.271 e. The van der Waals surface area contributed by atoms with Gasteiger partial charge in [0.25, 0.3) is 5.91 Å². The molecular weight excluding hydrogens is 371 g/mol. The number of aromatic amines is 1. The van der Waals surface area contributed by atoms with Gasteiger partial charge in [-0.05, 0) is 32.0 Å². The molecule has 3 aromatic rings. The number of nitrogens with zero attached hydrogens (tertiary/aromatic N) is 4. The lowest BCUT2D eigenvalue weighted by Gasteiger charge is -2.13. The van der Waals surface area contributed by atoms with Gasteiger partial charge in [0.1, 0.15) is 29.0 Å². The van der Waals surface area contributed by atoms with Crippen LogP contribution in [0.15, 0.2) is 30.6 Å². The van der Waals surface area contributed by atoms with Gasteiger partial charge >= 0.3 is 0 Å². The first-order valence-corrected chi connectivity index (χ1v) is 8.51. The number of hydrogen-bond acceptors (Lipinski definition) is 4. The van der Waals surface area contributed by atoms with E-state index in [0.29, 0.717) is 29.3 Å². The third-order valence-corrected chi connectivity index (χ3v) is 4.17. The SMILES string of the molecule is Cc1nc(C(=O)NC(C)Cn2ccc(-c3cc(F)c(C#N)c(Cl)c3)n2)c[nH]1. The van der Waals surface area contributed by atoms with Crippen molar-refractivity contribution in [1.82, 2.24) is 25.1 Å². The van der Waals surface area contributed by atoms with E-state index < -0.39 is 5.82 Å². The quantitative estimate of drug-likeness (QED) is 0.703. The second-order valence-corrected chi connectivity index (χ2v) is 6.50. The average Bonchev–Trinajstić information content (AvgIpc) is 3.23. The van der Waals surface area contributed by atoms with Gasteiger partial charge in [-0.15, -0.1) is 0 Å². The van der Waals surface area contributed by atoms with Crippen molar-refractivity contribution in [3.63, 3.8) is 0 Å². The predicted octanol–water partition coefficient (Wildman–Crippen LogP) is 3.06. The molecule has 0 saturated heterocycles. The molecule has 0 aliphatic heterocycles. The number of amides is 1. The minimum absolute atomic E-state index is 0.0389. The molecule has 7 nitrogen and oxygen atoms in total. The summed E-state index contributed by atoms with van der Waals surface area (Å²) in [6.45, 7) is 4.03. The van der Waals surface area contributed by atoms with Crippen LogP contribution in [0.2, 0.25) is 5.02 Å². The second-order valence-electron chi connectivity index (χ2n) is 6.10. The van der Waals surface area contributed by atoms with Gasteiger partial charge in [0.05, 0.1) is 17.3 Å². The first kappa shape index (κ1) is 18.6. The molecule has 3 rings (SSSR count). The zero-order valence-electron chi connectivity index (χ0n) is 14.6. The maximum atomic E-state index is 13.9. The molecule has 0 saturated carbocycles. The Morgan fingerprint density at radius 3 is 2.93 bits per heavy atom. The third-order valence-electron chi connectivity index (χ3n) is 3.87. The molecule has 27 heavy (non-hydrogen) atoms. The van der Waals surface area contributed by atoms with Crippen LogP contribution in [-0.2, 0) is 6.54 Å². The zero-order valence-corrected chi connectivity index (χ0v) is 15.4. The summed E-state index contributed by atoms with van der Waals surface area (Å²) in [6.07, 6.45) is 3.27. The van der Waals surface area contributed by atoms with Crippen LogP contribution in [0.25, 0.3) is 11.3 Å². The lowest BCUT2D eigenvalue weighted by atomic mass is 10.1. The van der Waals surface area contributed by atoms with E-state index in [0.717, 1.165) is 0 Å². The van der Waals surface area contributed by atoms with Gasteiger partial charge in [-0.2, -0.15) is 10.4 Å². The monoisotopic (exact) mass is 386 g/mol. The van der Waals surface area contributed by atoms with E-state index in [4.69, 9.17) is 16.9 Å². The van der Waals surface area contributed by atoms with Crippen LogP contribution in [0, 0.1) is 24.1 Å². The summed E-state index contributed by atoms with van der Waals surface area (Å²) in [7, 11) is 0. The first-order valence-electron chi connectivity index (χ1n) is 8.13. The van der Waals surface area contributed by atoms with Gasteiger partial charge in [0, 0.05) is 24.0 Å². The van der Waals surface area contributed by atoms with Crippen molar-refractivity contribution in [2.24, 2.45) is 0 Å². The number of halogens is 2. The Hall–Kier alpha value is -3.18. The molecular formula is C18H16ClFN6O. The van der Waals surface area contributed by atoms with Crippen molar-refractivity contribution >= 4 is 17.5 Å². The molecule has 2 aromatic heterocycles. The predicted molar refractivity (Wildman–Crippen MR) is 97.6 cm³/mol. The molecule has 1 unspecified atom stereocenters. The Morgan fingerprint density at radius 1 is 1.52 bits per heavy atom. The fraction of sp³-hybridized carbons (Fsp3) is 0.222. The van der Waals surface area contributed by atoms with Crippen LogP contribution < -0.4 is 5.32 Å². The normalized spacial score (nSPS) is 11.8. The highest BCUT2D eigenvalue weighted by atomic mass is 35.5. The summed E-state index contributed by atoms with van der Waals surface area (Å²) >= 11 is 5.94. The number of benzene rings is 1. The molecule has 0 bridgehead atoms. The van der Waals surface area contributed by atoms with Gasteiger partial charge in [-0.25, -0.2) is 9.37 Å². The van der Waals surface area contributed by atoms with E-state index in [1.165, 1.54) is 12.1 Å². The molecule has 0 aliphatic rings. The number of imidazole rings is 1. The molecule has 9 heteroatoms. The van der Waals surface area contributed by atoms with Crippen LogP contribution >= 0.6 is 11.6 Å². The fourth-order valence-corrected chi connectivity index (χ4v) is 2.85. The van der Waals surface area contributed by atoms with E-state index in [1.807, 2.05) is 6.92 Å². The largest absolute Gasteiger partial charge is 0.348 e. The van der Waals surface area contributed by atoms with Crippen molar-refractivity contribution in [2.45, 2.75) is 26.4 Å². The van der Waals surface area contributed by atoms with Crippen molar-refractivity contribution in [3.8, 4) is 17.3 Å². The topological polar surface area (TPSA) is 99.4 Å². The Balaban J connectivity index is 1.69. The van der Waals surface area contributed by atoms with Crippen LogP contribution in [0.4, 0.5) is 4.39 Å². The number of rotatable bonds is 5. The first-order chi connectivity index (χ1) is 12.9. The molecule has 2 N–H and O–H groups in total. The lowest BCUT2D eigenvalue weighted by Crippen LogP contribution is -2.36. The van der Waals surface area contributed by atoms with Gasteiger partial charge in [-0.1, -0.05) is 11.6 Å². The maximum absolute atomic E-state index is 13.9. The van der Waals surface area contributed by atoms with Gasteiger partial charge in [0.2, 0.25) is 0 Å². The molecule has 1 aromatic carbocycles. The van der Waals surface area contributed by atoms with Gasteiger partial charge in [0.15, 0.2) is 0 Å². The third kappa shape index (κ3) is 4.15. The van der Waals surface area contributed by atoms with E-state index >= 15 is 0 Å². The molecule has 2 heterocycles. The number of hydrogen-bond donors (Lipinski definition) is 2. The number of carbonyl (C=O) groups excluding carboxylic acids is 1. The zero-order chi connectivity index (χ0) is 19.6. The van der Waals surface area contributed by atoms with Crippen molar-refractivity contribution < 1.29 is 9.18 Å². The standard InChI is InChI=1S/C18H16ClFN6O/c1-10(23-18(27)17-8-22-11(2)24-17)9-26-4-3-16(25-26)12-5-14(19)13(7-21)15(20)6-12/h3-6,8,10H,9H2,1-2H3,(H,22,24)(H,23,27). The average molecular weight is 387 g/mol. The number of H-pyrrole nitrogens is 1. The number of aryl methyl sites for hydroxylation is 1. The van der Waals surface area contributed by atoms with E-state index in [2.05, 4.69) is 20.4 Å². The minimum Gasteiger partial charge on any atom is -0.348 e. The Morgan fingerprint density at radius 2 is 2.30 bits per heavy atom. The fourth-order valence-electron chi connectivity index (χ4n) is 2.60. The second kappa shape index (κ2) is 7.60. The Labute approximate surface area is 159 Å². The van der Waals surface area contributed by atoms with Gasteiger partial charge in [-0.3, -0.25) is 9.48 Å². The van der Waals surface area contributed by atoms with Crippen molar-refractivity contribution in [1.29, 1.82) is 5.26 Å². The highest BCUT2D eigenvalue weighted by Crippen LogP contribution is 2.26. The summed E-state index contributed by atoms with van der Waals surface area (Å²) in [6, 6.07) is 5.96. The highest BCUT2D eigenvalue weighted by Gasteiger charge is 2.15. The molecule has 0 spiro atoms. The highest BCUT2D eigenvalue weighted by molar-refractivity contribution is 6.32. The number of aromatic nitrogens is 4. The number of nitriles is 1. The summed E-state index contributed by atoms with van der Waals surface area (Å²) < 4.78 is 15.6. The molecule has 0 aliphatic carbocycles. The van der Waals surface area contributed by atoms with E-state index in [-0.39, 0.29) is 22.5 Å². The van der Waals surface area contributed by atoms with E-state index in [9.17, 15) is 9.18 Å². The van der Waals surface area contributed by atoms with Crippen LogP contribution in [0.1, 0.15) is 28.8 Å². The summed E-state index contributed by atoms with van der Waals surface area (Å²) in [5.74, 6) is -0.303. The van der Waals surface area contributed by atoms with Crippen LogP contribution in [-0.4, -0.2) is 31.7 Å². The number of carbonyl (C=O) groups is 1. The molecule has 0 radical (unpaired) electrons. The summed E-state index contributed by atoms with van der Waals surface area (Å²) in [5.41, 5.74) is 1.12. The molecule has 0 fully saturated rings. The number of nitrogens with one attached hydrogen (secondary N) is 2. The van der Waals surface area contributed by atoms with Gasteiger partial charge < -0.3 is 10.3 Å². The Kier molecular flexibility index (Phi) is 5.23. The smallest absolute Gasteiger partial charge is 0.271 e. The molecule has 1 atom stereocenters. The van der Waals surface area contributed by atoms with Crippen LogP contribution in [0.3, 0.4) is 0 Å².